The number of amides is 1. The van der Waals surface area contributed by atoms with Gasteiger partial charge < -0.3 is 14.8 Å². The largest absolute Gasteiger partial charge is 0.496 e. The Hall–Kier alpha value is -3.53. The van der Waals surface area contributed by atoms with Gasteiger partial charge in [0.25, 0.3) is 5.69 Å². The molecule has 0 aliphatic carbocycles. The predicted molar refractivity (Wildman–Crippen MR) is 95.8 cm³/mol. The second-order valence-electron chi connectivity index (χ2n) is 5.22. The molecule has 0 aromatic heterocycles. The van der Waals surface area contributed by atoms with Crippen molar-refractivity contribution in [1.29, 1.82) is 0 Å². The number of nitro groups is 1. The van der Waals surface area contributed by atoms with Gasteiger partial charge in [-0.2, -0.15) is 0 Å². The van der Waals surface area contributed by atoms with Crippen molar-refractivity contribution in [3.05, 3.63) is 69.8 Å². The molecule has 0 aliphatic rings. The standard InChI is InChI=1S/C19H18N2O5/c1-25-18-12-16(11-17(13-18)21(23)24)9-5-6-10-20-19(22)26-14-15-7-3-2-4-8-15/h2-4,7-8,11-13H,6,10,14H2,1H3,(H,20,22). The van der Waals surface area contributed by atoms with Crippen LogP contribution in [0.5, 0.6) is 5.75 Å². The molecule has 2 aromatic rings. The molecule has 1 amide bonds. The molecule has 0 aliphatic heterocycles. The number of non-ortho nitro benzene ring substituents is 1. The topological polar surface area (TPSA) is 90.7 Å². The third-order valence-electron chi connectivity index (χ3n) is 3.30. The van der Waals surface area contributed by atoms with Gasteiger partial charge in [-0.05, 0) is 11.6 Å². The molecule has 7 nitrogen and oxygen atoms in total. The summed E-state index contributed by atoms with van der Waals surface area (Å²) in [5.41, 5.74) is 1.29. The molecular weight excluding hydrogens is 336 g/mol. The van der Waals surface area contributed by atoms with Gasteiger partial charge in [0.1, 0.15) is 12.4 Å². The number of nitro benzene ring substituents is 1. The number of hydrogen-bond donors (Lipinski definition) is 1. The molecule has 7 heteroatoms. The normalized spacial score (nSPS) is 9.58. The third kappa shape index (κ3) is 6.17. The highest BCUT2D eigenvalue weighted by Crippen LogP contribution is 2.21. The minimum atomic E-state index is -0.521. The van der Waals surface area contributed by atoms with Crippen molar-refractivity contribution in [1.82, 2.24) is 5.32 Å². The average Bonchev–Trinajstić information content (AvgIpc) is 2.66. The molecule has 0 spiro atoms. The number of methoxy groups -OCH3 is 1. The molecule has 26 heavy (non-hydrogen) atoms. The van der Waals surface area contributed by atoms with E-state index in [9.17, 15) is 14.9 Å². The summed E-state index contributed by atoms with van der Waals surface area (Å²) < 4.78 is 10.1. The minimum absolute atomic E-state index is 0.0868. The van der Waals surface area contributed by atoms with Gasteiger partial charge in [0, 0.05) is 24.6 Å². The fourth-order valence-electron chi connectivity index (χ4n) is 2.04. The summed E-state index contributed by atoms with van der Waals surface area (Å²) in [4.78, 5) is 22.0. The maximum Gasteiger partial charge on any atom is 0.407 e. The maximum absolute atomic E-state index is 11.6. The Kier molecular flexibility index (Phi) is 7.01. The molecule has 0 bridgehead atoms. The Labute approximate surface area is 151 Å². The zero-order chi connectivity index (χ0) is 18.8. The van der Waals surface area contributed by atoms with Crippen LogP contribution in [0.25, 0.3) is 0 Å². The monoisotopic (exact) mass is 354 g/mol. The first-order chi connectivity index (χ1) is 12.6. The van der Waals surface area contributed by atoms with Gasteiger partial charge in [-0.3, -0.25) is 10.1 Å². The lowest BCUT2D eigenvalue weighted by atomic mass is 10.2. The summed E-state index contributed by atoms with van der Waals surface area (Å²) in [6.07, 6.45) is -0.140. The van der Waals surface area contributed by atoms with Crippen molar-refractivity contribution >= 4 is 11.8 Å². The van der Waals surface area contributed by atoms with Gasteiger partial charge in [0.2, 0.25) is 0 Å². The number of ether oxygens (including phenoxy) is 2. The Bertz CT molecular complexity index is 825. The molecule has 0 heterocycles. The van der Waals surface area contributed by atoms with Crippen LogP contribution in [0, 0.1) is 22.0 Å². The van der Waals surface area contributed by atoms with E-state index >= 15 is 0 Å². The quantitative estimate of drug-likeness (QED) is 0.372. The van der Waals surface area contributed by atoms with E-state index in [0.717, 1.165) is 5.56 Å². The Morgan fingerprint density at radius 3 is 2.69 bits per heavy atom. The number of alkyl carbamates (subject to hydrolysis) is 1. The van der Waals surface area contributed by atoms with E-state index in [2.05, 4.69) is 17.2 Å². The van der Waals surface area contributed by atoms with Gasteiger partial charge in [0.05, 0.1) is 18.1 Å². The first-order valence-corrected chi connectivity index (χ1v) is 7.85. The zero-order valence-electron chi connectivity index (χ0n) is 14.2. The molecule has 0 saturated heterocycles. The van der Waals surface area contributed by atoms with E-state index in [1.54, 1.807) is 6.07 Å². The first-order valence-electron chi connectivity index (χ1n) is 7.85. The van der Waals surface area contributed by atoms with Crippen LogP contribution in [0.3, 0.4) is 0 Å². The number of rotatable bonds is 6. The SMILES string of the molecule is COc1cc(C#CCCNC(=O)OCc2ccccc2)cc([N+](=O)[O-])c1. The van der Waals surface area contributed by atoms with Gasteiger partial charge in [-0.1, -0.05) is 42.2 Å². The van der Waals surface area contributed by atoms with Crippen molar-refractivity contribution in [2.24, 2.45) is 0 Å². The first kappa shape index (κ1) is 18.8. The summed E-state index contributed by atoms with van der Waals surface area (Å²) in [7, 11) is 1.43. The van der Waals surface area contributed by atoms with Crippen molar-refractivity contribution in [3.63, 3.8) is 0 Å². The highest BCUT2D eigenvalue weighted by Gasteiger charge is 2.09. The summed E-state index contributed by atoms with van der Waals surface area (Å²) in [5, 5.41) is 13.5. The molecule has 134 valence electrons. The van der Waals surface area contributed by atoms with E-state index in [-0.39, 0.29) is 12.3 Å². The zero-order valence-corrected chi connectivity index (χ0v) is 14.2. The Morgan fingerprint density at radius 1 is 1.23 bits per heavy atom. The van der Waals surface area contributed by atoms with Crippen molar-refractivity contribution in [2.75, 3.05) is 13.7 Å². The van der Waals surface area contributed by atoms with Crippen LogP contribution in [0.1, 0.15) is 17.5 Å². The summed E-state index contributed by atoms with van der Waals surface area (Å²) in [5.74, 6) is 6.04. The van der Waals surface area contributed by atoms with Gasteiger partial charge in [-0.15, -0.1) is 0 Å². The molecular formula is C19H18N2O5. The molecule has 2 rings (SSSR count). The third-order valence-corrected chi connectivity index (χ3v) is 3.30. The second-order valence-corrected chi connectivity index (χ2v) is 5.22. The second kappa shape index (κ2) is 9.69. The summed E-state index contributed by atoms with van der Waals surface area (Å²) in [6.45, 7) is 0.512. The van der Waals surface area contributed by atoms with E-state index < -0.39 is 11.0 Å². The number of carbonyl (C=O) groups is 1. The molecule has 0 radical (unpaired) electrons. The van der Waals surface area contributed by atoms with Gasteiger partial charge in [0.15, 0.2) is 0 Å². The van der Waals surface area contributed by atoms with Crippen LogP contribution in [-0.2, 0) is 11.3 Å². The van der Waals surface area contributed by atoms with E-state index in [4.69, 9.17) is 9.47 Å². The van der Waals surface area contributed by atoms with Gasteiger partial charge in [-0.25, -0.2) is 4.79 Å². The Balaban J connectivity index is 1.79. The minimum Gasteiger partial charge on any atom is -0.496 e. The van der Waals surface area contributed by atoms with E-state index in [1.165, 1.54) is 19.2 Å². The van der Waals surface area contributed by atoms with Crippen LogP contribution < -0.4 is 10.1 Å². The van der Waals surface area contributed by atoms with Crippen molar-refractivity contribution in [2.45, 2.75) is 13.0 Å². The van der Waals surface area contributed by atoms with Crippen LogP contribution in [0.4, 0.5) is 10.5 Å². The highest BCUT2D eigenvalue weighted by molar-refractivity contribution is 5.67. The van der Waals surface area contributed by atoms with Crippen LogP contribution in [0.2, 0.25) is 0 Å². The van der Waals surface area contributed by atoms with Crippen LogP contribution in [0.15, 0.2) is 48.5 Å². The summed E-state index contributed by atoms with van der Waals surface area (Å²) >= 11 is 0. The molecule has 1 N–H and O–H groups in total. The summed E-state index contributed by atoms with van der Waals surface area (Å²) in [6, 6.07) is 13.7. The number of nitrogens with one attached hydrogen (secondary N) is 1. The number of carbonyl (C=O) groups excluding carboxylic acids is 1. The van der Waals surface area contributed by atoms with Gasteiger partial charge >= 0.3 is 6.09 Å². The highest BCUT2D eigenvalue weighted by atomic mass is 16.6. The lowest BCUT2D eigenvalue weighted by Crippen LogP contribution is -2.24. The fourth-order valence-corrected chi connectivity index (χ4v) is 2.04. The lowest BCUT2D eigenvalue weighted by Gasteiger charge is -2.05. The smallest absolute Gasteiger partial charge is 0.407 e. The van der Waals surface area contributed by atoms with Crippen molar-refractivity contribution in [3.8, 4) is 17.6 Å². The Morgan fingerprint density at radius 2 is 2.00 bits per heavy atom. The molecule has 0 saturated carbocycles. The predicted octanol–water partition coefficient (Wildman–Crippen LogP) is 3.27. The number of benzene rings is 2. The number of nitrogens with zero attached hydrogens (tertiary/aromatic N) is 1. The fraction of sp³-hybridized carbons (Fsp3) is 0.211. The maximum atomic E-state index is 11.6. The molecule has 0 atom stereocenters. The average molecular weight is 354 g/mol. The molecule has 2 aromatic carbocycles. The molecule has 0 unspecified atom stereocenters. The lowest BCUT2D eigenvalue weighted by molar-refractivity contribution is -0.384. The van der Waals surface area contributed by atoms with Crippen LogP contribution >= 0.6 is 0 Å². The van der Waals surface area contributed by atoms with Crippen molar-refractivity contribution < 1.29 is 19.2 Å². The van der Waals surface area contributed by atoms with E-state index in [1.807, 2.05) is 30.3 Å². The number of hydrogen-bond acceptors (Lipinski definition) is 5. The van der Waals surface area contributed by atoms with E-state index in [0.29, 0.717) is 24.3 Å². The van der Waals surface area contributed by atoms with Crippen LogP contribution in [-0.4, -0.2) is 24.7 Å². The molecule has 0 fully saturated rings.